The molecule has 1 fully saturated rings. The van der Waals surface area contributed by atoms with Gasteiger partial charge in [0.1, 0.15) is 0 Å². The Morgan fingerprint density at radius 1 is 1.04 bits per heavy atom. The second-order valence-electron chi connectivity index (χ2n) is 6.41. The average molecular weight is 408 g/mol. The van der Waals surface area contributed by atoms with Crippen LogP contribution in [0.25, 0.3) is 0 Å². The van der Waals surface area contributed by atoms with E-state index < -0.39 is 17.6 Å². The molecule has 0 saturated carbocycles. The highest BCUT2D eigenvalue weighted by Gasteiger charge is 2.30. The lowest BCUT2D eigenvalue weighted by atomic mass is 10.0. The third kappa shape index (κ3) is 4.49. The maximum Gasteiger partial charge on any atom is 0.416 e. The van der Waals surface area contributed by atoms with Gasteiger partial charge in [-0.2, -0.15) is 24.9 Å². The van der Waals surface area contributed by atoms with Crippen molar-refractivity contribution in [2.45, 2.75) is 13.1 Å². The van der Waals surface area contributed by atoms with E-state index in [1.807, 2.05) is 0 Å². The normalized spacial score (nSPS) is 14.6. The van der Waals surface area contributed by atoms with Crippen molar-refractivity contribution in [3.8, 4) is 0 Å². The Labute approximate surface area is 165 Å². The number of hydrogen-bond donors (Lipinski definition) is 1. The van der Waals surface area contributed by atoms with E-state index >= 15 is 0 Å². The number of nitrogens with zero attached hydrogens (tertiary/aromatic N) is 1. The lowest BCUT2D eigenvalue weighted by Crippen LogP contribution is -2.38. The fraction of sp³-hybridized carbons (Fsp3) is 0.300. The van der Waals surface area contributed by atoms with Crippen molar-refractivity contribution in [2.75, 3.05) is 29.9 Å². The van der Waals surface area contributed by atoms with Gasteiger partial charge in [0.05, 0.1) is 5.56 Å². The van der Waals surface area contributed by atoms with E-state index in [0.29, 0.717) is 29.9 Å². The van der Waals surface area contributed by atoms with Crippen molar-refractivity contribution >= 4 is 29.3 Å². The molecule has 0 unspecified atom stereocenters. The van der Waals surface area contributed by atoms with Crippen LogP contribution >= 0.6 is 11.8 Å². The van der Waals surface area contributed by atoms with Crippen molar-refractivity contribution in [3.05, 3.63) is 64.7 Å². The lowest BCUT2D eigenvalue weighted by molar-refractivity contribution is -0.137. The van der Waals surface area contributed by atoms with E-state index in [4.69, 9.17) is 0 Å². The smallest absolute Gasteiger partial charge is 0.337 e. The maximum atomic E-state index is 12.8. The third-order valence-corrected chi connectivity index (χ3v) is 5.53. The quantitative estimate of drug-likeness (QED) is 0.816. The van der Waals surface area contributed by atoms with Crippen LogP contribution in [0.3, 0.4) is 0 Å². The Morgan fingerprint density at radius 2 is 1.68 bits per heavy atom. The van der Waals surface area contributed by atoms with Crippen molar-refractivity contribution in [1.82, 2.24) is 4.90 Å². The molecule has 0 aromatic heterocycles. The second kappa shape index (κ2) is 8.26. The molecule has 28 heavy (non-hydrogen) atoms. The molecule has 0 radical (unpaired) electrons. The van der Waals surface area contributed by atoms with E-state index in [9.17, 15) is 22.8 Å². The number of anilines is 1. The number of hydrogen-bond acceptors (Lipinski definition) is 3. The SMILES string of the molecule is Cc1c(NC(=O)c2ccc(C(F)(F)F)cc2)cccc1C(=O)N1CCSCC1. The number of rotatable bonds is 3. The molecule has 2 aromatic carbocycles. The van der Waals surface area contributed by atoms with Gasteiger partial charge in [-0.05, 0) is 48.9 Å². The summed E-state index contributed by atoms with van der Waals surface area (Å²) in [6.07, 6.45) is -4.45. The minimum absolute atomic E-state index is 0.0802. The van der Waals surface area contributed by atoms with Gasteiger partial charge in [-0.1, -0.05) is 6.07 Å². The molecule has 0 bridgehead atoms. The zero-order valence-corrected chi connectivity index (χ0v) is 16.0. The van der Waals surface area contributed by atoms with E-state index in [1.165, 1.54) is 0 Å². The zero-order valence-electron chi connectivity index (χ0n) is 15.2. The molecular formula is C20H19F3N2O2S. The summed E-state index contributed by atoms with van der Waals surface area (Å²) in [5.74, 6) is 1.18. The van der Waals surface area contributed by atoms with Crippen LogP contribution in [0.1, 0.15) is 31.8 Å². The number of alkyl halides is 3. The molecule has 1 N–H and O–H groups in total. The number of halogens is 3. The van der Waals surface area contributed by atoms with Crippen LogP contribution in [0.15, 0.2) is 42.5 Å². The van der Waals surface area contributed by atoms with Gasteiger partial charge in [0, 0.05) is 41.4 Å². The van der Waals surface area contributed by atoms with E-state index in [0.717, 1.165) is 35.8 Å². The first-order valence-electron chi connectivity index (χ1n) is 8.72. The minimum atomic E-state index is -4.45. The molecule has 1 aliphatic rings. The Hall–Kier alpha value is -2.48. The molecule has 0 spiro atoms. The second-order valence-corrected chi connectivity index (χ2v) is 7.64. The van der Waals surface area contributed by atoms with Crippen LogP contribution in [-0.4, -0.2) is 41.3 Å². The summed E-state index contributed by atoms with van der Waals surface area (Å²) >= 11 is 1.81. The topological polar surface area (TPSA) is 49.4 Å². The maximum absolute atomic E-state index is 12.8. The Bertz CT molecular complexity index is 876. The zero-order chi connectivity index (χ0) is 20.3. The highest BCUT2D eigenvalue weighted by Crippen LogP contribution is 2.29. The third-order valence-electron chi connectivity index (χ3n) is 4.59. The van der Waals surface area contributed by atoms with Gasteiger partial charge < -0.3 is 10.2 Å². The fourth-order valence-corrected chi connectivity index (χ4v) is 3.85. The Kier molecular flexibility index (Phi) is 5.98. The highest BCUT2D eigenvalue weighted by atomic mass is 32.2. The Balaban J connectivity index is 1.77. The average Bonchev–Trinajstić information content (AvgIpc) is 2.69. The molecule has 2 amide bonds. The van der Waals surface area contributed by atoms with E-state index in [1.54, 1.807) is 41.8 Å². The van der Waals surface area contributed by atoms with Gasteiger partial charge in [-0.15, -0.1) is 0 Å². The van der Waals surface area contributed by atoms with Crippen molar-refractivity contribution in [1.29, 1.82) is 0 Å². The predicted octanol–water partition coefficient (Wildman–Crippen LogP) is 4.46. The summed E-state index contributed by atoms with van der Waals surface area (Å²) < 4.78 is 38.0. The summed E-state index contributed by atoms with van der Waals surface area (Å²) in [5.41, 5.74) is 0.898. The van der Waals surface area contributed by atoms with Gasteiger partial charge in [-0.3, -0.25) is 9.59 Å². The number of carbonyl (C=O) groups is 2. The molecule has 2 aromatic rings. The van der Waals surface area contributed by atoms with Gasteiger partial charge in [0.2, 0.25) is 0 Å². The van der Waals surface area contributed by atoms with Crippen LogP contribution < -0.4 is 5.32 Å². The van der Waals surface area contributed by atoms with Crippen LogP contribution in [0.4, 0.5) is 18.9 Å². The standard InChI is InChI=1S/C20H19F3N2O2S/c1-13-16(19(27)25-9-11-28-12-10-25)3-2-4-17(13)24-18(26)14-5-7-15(8-6-14)20(21,22)23/h2-8H,9-12H2,1H3,(H,24,26). The van der Waals surface area contributed by atoms with Gasteiger partial charge in [0.25, 0.3) is 11.8 Å². The molecule has 3 rings (SSSR count). The number of benzene rings is 2. The summed E-state index contributed by atoms with van der Waals surface area (Å²) in [6, 6.07) is 9.07. The fourth-order valence-electron chi connectivity index (χ4n) is 2.94. The number of thioether (sulfide) groups is 1. The van der Waals surface area contributed by atoms with Crippen molar-refractivity contribution in [2.24, 2.45) is 0 Å². The van der Waals surface area contributed by atoms with Gasteiger partial charge >= 0.3 is 6.18 Å². The Morgan fingerprint density at radius 3 is 2.29 bits per heavy atom. The molecule has 1 aliphatic heterocycles. The first-order chi connectivity index (χ1) is 13.3. The molecule has 1 saturated heterocycles. The van der Waals surface area contributed by atoms with Crippen molar-refractivity contribution < 1.29 is 22.8 Å². The van der Waals surface area contributed by atoms with Crippen LogP contribution in [0.2, 0.25) is 0 Å². The van der Waals surface area contributed by atoms with E-state index in [-0.39, 0.29) is 11.5 Å². The first kappa shape index (κ1) is 20.3. The largest absolute Gasteiger partial charge is 0.416 e. The molecule has 148 valence electrons. The summed E-state index contributed by atoms with van der Waals surface area (Å²) in [5, 5.41) is 2.69. The van der Waals surface area contributed by atoms with Crippen LogP contribution in [-0.2, 0) is 6.18 Å². The molecule has 0 atom stereocenters. The lowest BCUT2D eigenvalue weighted by Gasteiger charge is -2.27. The summed E-state index contributed by atoms with van der Waals surface area (Å²) in [7, 11) is 0. The summed E-state index contributed by atoms with van der Waals surface area (Å²) in [4.78, 5) is 27.0. The molecule has 8 heteroatoms. The van der Waals surface area contributed by atoms with Gasteiger partial charge in [-0.25, -0.2) is 0 Å². The van der Waals surface area contributed by atoms with Crippen molar-refractivity contribution in [3.63, 3.8) is 0 Å². The van der Waals surface area contributed by atoms with Gasteiger partial charge in [0.15, 0.2) is 0 Å². The minimum Gasteiger partial charge on any atom is -0.337 e. The molecule has 0 aliphatic carbocycles. The highest BCUT2D eigenvalue weighted by molar-refractivity contribution is 7.99. The number of amides is 2. The monoisotopic (exact) mass is 408 g/mol. The van der Waals surface area contributed by atoms with Crippen LogP contribution in [0, 0.1) is 6.92 Å². The predicted molar refractivity (Wildman–Crippen MR) is 104 cm³/mol. The number of nitrogens with one attached hydrogen (secondary N) is 1. The van der Waals surface area contributed by atoms with E-state index in [2.05, 4.69) is 5.32 Å². The number of carbonyl (C=O) groups excluding carboxylic acids is 2. The summed E-state index contributed by atoms with van der Waals surface area (Å²) in [6.45, 7) is 3.12. The first-order valence-corrected chi connectivity index (χ1v) is 9.88. The molecule has 1 heterocycles. The molecule has 4 nitrogen and oxygen atoms in total. The van der Waals surface area contributed by atoms with Crippen LogP contribution in [0.5, 0.6) is 0 Å². The molecular weight excluding hydrogens is 389 g/mol.